The quantitative estimate of drug-likeness (QED) is 0.746. The summed E-state index contributed by atoms with van der Waals surface area (Å²) in [6, 6.07) is 14.7. The van der Waals surface area contributed by atoms with Crippen LogP contribution < -0.4 is 0 Å². The first-order chi connectivity index (χ1) is 9.15. The Morgan fingerprint density at radius 3 is 2.63 bits per heavy atom. The van der Waals surface area contributed by atoms with Gasteiger partial charge >= 0.3 is 5.97 Å². The topological polar surface area (TPSA) is 50.4 Å². The molecule has 0 bridgehead atoms. The highest BCUT2D eigenvalue weighted by Crippen LogP contribution is 2.30. The molecule has 0 saturated carbocycles. The zero-order valence-electron chi connectivity index (χ0n) is 10.4. The Morgan fingerprint density at radius 2 is 1.89 bits per heavy atom. The van der Waals surface area contributed by atoms with Crippen molar-refractivity contribution in [2.24, 2.45) is 0 Å². The van der Waals surface area contributed by atoms with E-state index in [1.807, 2.05) is 43.3 Å². The zero-order chi connectivity index (χ0) is 13.4. The largest absolute Gasteiger partial charge is 0.478 e. The first kappa shape index (κ1) is 11.5. The number of fused-ring (bicyclic) bond motifs is 1. The Morgan fingerprint density at radius 1 is 1.11 bits per heavy atom. The molecule has 0 saturated heterocycles. The van der Waals surface area contributed by atoms with Gasteiger partial charge in [0, 0.05) is 10.9 Å². The Kier molecular flexibility index (Phi) is 2.60. The third kappa shape index (κ3) is 1.99. The first-order valence-electron chi connectivity index (χ1n) is 5.98. The van der Waals surface area contributed by atoms with E-state index < -0.39 is 5.97 Å². The fourth-order valence-corrected chi connectivity index (χ4v) is 2.16. The van der Waals surface area contributed by atoms with Crippen LogP contribution in [0.1, 0.15) is 15.9 Å². The normalized spacial score (nSPS) is 10.8. The van der Waals surface area contributed by atoms with Crippen molar-refractivity contribution in [1.29, 1.82) is 0 Å². The number of hydrogen-bond acceptors (Lipinski definition) is 2. The molecular weight excluding hydrogens is 240 g/mol. The van der Waals surface area contributed by atoms with Crippen molar-refractivity contribution < 1.29 is 14.3 Å². The molecule has 3 aromatic rings. The summed E-state index contributed by atoms with van der Waals surface area (Å²) in [5.74, 6) is -0.363. The van der Waals surface area contributed by atoms with Gasteiger partial charge in [-0.1, -0.05) is 29.8 Å². The van der Waals surface area contributed by atoms with Gasteiger partial charge in [0.25, 0.3) is 0 Å². The van der Waals surface area contributed by atoms with E-state index >= 15 is 0 Å². The van der Waals surface area contributed by atoms with Gasteiger partial charge in [-0.3, -0.25) is 0 Å². The SMILES string of the molecule is Cc1ccc(C(=O)O)c(-c2cc3ccccc3o2)c1. The number of para-hydroxylation sites is 1. The van der Waals surface area contributed by atoms with Crippen LogP contribution in [0.25, 0.3) is 22.3 Å². The molecule has 1 N–H and O–H groups in total. The first-order valence-corrected chi connectivity index (χ1v) is 5.98. The van der Waals surface area contributed by atoms with Gasteiger partial charge in [0.15, 0.2) is 0 Å². The standard InChI is InChI=1S/C16H12O3/c1-10-6-7-12(16(17)18)13(8-10)15-9-11-4-2-3-5-14(11)19-15/h2-9H,1H3,(H,17,18). The van der Waals surface area contributed by atoms with Gasteiger partial charge in [-0.25, -0.2) is 4.79 Å². The van der Waals surface area contributed by atoms with E-state index in [1.165, 1.54) is 0 Å². The second-order valence-electron chi connectivity index (χ2n) is 4.50. The van der Waals surface area contributed by atoms with E-state index in [0.717, 1.165) is 16.5 Å². The van der Waals surface area contributed by atoms with E-state index in [2.05, 4.69) is 0 Å². The minimum Gasteiger partial charge on any atom is -0.478 e. The number of benzene rings is 2. The summed E-state index contributed by atoms with van der Waals surface area (Å²) < 4.78 is 5.74. The van der Waals surface area contributed by atoms with Gasteiger partial charge in [-0.05, 0) is 31.2 Å². The molecule has 19 heavy (non-hydrogen) atoms. The zero-order valence-corrected chi connectivity index (χ0v) is 10.4. The second kappa shape index (κ2) is 4.28. The van der Waals surface area contributed by atoms with Crippen molar-refractivity contribution >= 4 is 16.9 Å². The summed E-state index contributed by atoms with van der Waals surface area (Å²) >= 11 is 0. The van der Waals surface area contributed by atoms with Crippen molar-refractivity contribution in [3.63, 3.8) is 0 Å². The van der Waals surface area contributed by atoms with Crippen molar-refractivity contribution in [2.75, 3.05) is 0 Å². The minimum atomic E-state index is -0.949. The molecule has 3 heteroatoms. The van der Waals surface area contributed by atoms with Gasteiger partial charge in [0.1, 0.15) is 11.3 Å². The smallest absolute Gasteiger partial charge is 0.336 e. The summed E-state index contributed by atoms with van der Waals surface area (Å²) in [7, 11) is 0. The van der Waals surface area contributed by atoms with Gasteiger partial charge in [-0.15, -0.1) is 0 Å². The molecule has 0 aliphatic heterocycles. The minimum absolute atomic E-state index is 0.254. The lowest BCUT2D eigenvalue weighted by Crippen LogP contribution is -1.99. The predicted molar refractivity (Wildman–Crippen MR) is 73.3 cm³/mol. The van der Waals surface area contributed by atoms with Crippen LogP contribution in [0.2, 0.25) is 0 Å². The lowest BCUT2D eigenvalue weighted by Gasteiger charge is -2.04. The molecule has 0 aliphatic carbocycles. The third-order valence-electron chi connectivity index (χ3n) is 3.10. The molecule has 0 atom stereocenters. The van der Waals surface area contributed by atoms with Gasteiger partial charge in [0.05, 0.1) is 5.56 Å². The van der Waals surface area contributed by atoms with Crippen molar-refractivity contribution in [2.45, 2.75) is 6.92 Å². The predicted octanol–water partition coefficient (Wildman–Crippen LogP) is 4.11. The monoisotopic (exact) mass is 252 g/mol. The highest BCUT2D eigenvalue weighted by molar-refractivity contribution is 5.96. The molecule has 0 unspecified atom stereocenters. The van der Waals surface area contributed by atoms with Crippen LogP contribution in [0.3, 0.4) is 0 Å². The Hall–Kier alpha value is -2.55. The molecule has 0 aliphatic rings. The number of hydrogen-bond donors (Lipinski definition) is 1. The van der Waals surface area contributed by atoms with E-state index in [9.17, 15) is 9.90 Å². The average molecular weight is 252 g/mol. The molecular formula is C16H12O3. The van der Waals surface area contributed by atoms with Crippen molar-refractivity contribution in [1.82, 2.24) is 0 Å². The van der Waals surface area contributed by atoms with Crippen LogP contribution in [-0.4, -0.2) is 11.1 Å². The molecule has 0 spiro atoms. The number of carboxylic acid groups (broad SMARTS) is 1. The van der Waals surface area contributed by atoms with Crippen LogP contribution in [0.15, 0.2) is 52.9 Å². The lowest BCUT2D eigenvalue weighted by molar-refractivity contribution is 0.0697. The molecule has 2 aromatic carbocycles. The fraction of sp³-hybridized carbons (Fsp3) is 0.0625. The highest BCUT2D eigenvalue weighted by Gasteiger charge is 2.15. The molecule has 3 rings (SSSR count). The molecule has 94 valence electrons. The fourth-order valence-electron chi connectivity index (χ4n) is 2.16. The summed E-state index contributed by atoms with van der Waals surface area (Å²) in [6.07, 6.45) is 0. The van der Waals surface area contributed by atoms with E-state index in [4.69, 9.17) is 4.42 Å². The Bertz CT molecular complexity index is 736. The summed E-state index contributed by atoms with van der Waals surface area (Å²) in [5, 5.41) is 10.2. The summed E-state index contributed by atoms with van der Waals surface area (Å²) in [5.41, 5.74) is 2.63. The van der Waals surface area contributed by atoms with Crippen LogP contribution >= 0.6 is 0 Å². The van der Waals surface area contributed by atoms with E-state index in [-0.39, 0.29) is 5.56 Å². The molecule has 3 nitrogen and oxygen atoms in total. The Balaban J connectivity index is 2.25. The molecule has 0 amide bonds. The number of aryl methyl sites for hydroxylation is 1. The number of aromatic carboxylic acids is 1. The van der Waals surface area contributed by atoms with Crippen molar-refractivity contribution in [3.8, 4) is 11.3 Å². The van der Waals surface area contributed by atoms with Crippen LogP contribution in [0.4, 0.5) is 0 Å². The summed E-state index contributed by atoms with van der Waals surface area (Å²) in [4.78, 5) is 11.3. The Labute approximate surface area is 110 Å². The van der Waals surface area contributed by atoms with E-state index in [0.29, 0.717) is 11.3 Å². The maximum Gasteiger partial charge on any atom is 0.336 e. The highest BCUT2D eigenvalue weighted by atomic mass is 16.4. The van der Waals surface area contributed by atoms with Gasteiger partial charge in [0.2, 0.25) is 0 Å². The number of furan rings is 1. The summed E-state index contributed by atoms with van der Waals surface area (Å²) in [6.45, 7) is 1.93. The average Bonchev–Trinajstić information content (AvgIpc) is 2.81. The maximum atomic E-state index is 11.3. The van der Waals surface area contributed by atoms with Crippen LogP contribution in [0, 0.1) is 6.92 Å². The second-order valence-corrected chi connectivity index (χ2v) is 4.50. The molecule has 0 radical (unpaired) electrons. The lowest BCUT2D eigenvalue weighted by atomic mass is 10.0. The van der Waals surface area contributed by atoms with Crippen LogP contribution in [-0.2, 0) is 0 Å². The number of carboxylic acids is 1. The van der Waals surface area contributed by atoms with Crippen LogP contribution in [0.5, 0.6) is 0 Å². The van der Waals surface area contributed by atoms with Gasteiger partial charge in [-0.2, -0.15) is 0 Å². The molecule has 0 fully saturated rings. The number of carbonyl (C=O) groups is 1. The molecule has 1 aromatic heterocycles. The number of rotatable bonds is 2. The van der Waals surface area contributed by atoms with Crippen molar-refractivity contribution in [3.05, 3.63) is 59.7 Å². The van der Waals surface area contributed by atoms with E-state index in [1.54, 1.807) is 12.1 Å². The third-order valence-corrected chi connectivity index (χ3v) is 3.10. The van der Waals surface area contributed by atoms with Gasteiger partial charge < -0.3 is 9.52 Å². The maximum absolute atomic E-state index is 11.3. The molecule has 1 heterocycles.